The van der Waals surface area contributed by atoms with E-state index in [1.807, 2.05) is 23.4 Å². The van der Waals surface area contributed by atoms with Gasteiger partial charge >= 0.3 is 0 Å². The SMILES string of the molecule is CC(=O)N1CCN(C(=NCc2nnc(C)n2C)NC2CCCC2)CC1. The Balaban J connectivity index is 1.69. The van der Waals surface area contributed by atoms with Crippen LogP contribution in [0, 0.1) is 6.92 Å². The minimum absolute atomic E-state index is 0.149. The topological polar surface area (TPSA) is 78.7 Å². The Bertz CT molecular complexity index is 625. The first-order valence-electron chi connectivity index (χ1n) is 9.21. The Kier molecular flexibility index (Phi) is 5.55. The smallest absolute Gasteiger partial charge is 0.219 e. The maximum Gasteiger partial charge on any atom is 0.219 e. The van der Waals surface area contributed by atoms with Gasteiger partial charge in [0.2, 0.25) is 5.91 Å². The first-order valence-corrected chi connectivity index (χ1v) is 9.21. The van der Waals surface area contributed by atoms with Crippen molar-refractivity contribution in [3.63, 3.8) is 0 Å². The third kappa shape index (κ3) is 4.29. The number of carbonyl (C=O) groups excluding carboxylic acids is 1. The van der Waals surface area contributed by atoms with Gasteiger partial charge in [-0.25, -0.2) is 4.99 Å². The highest BCUT2D eigenvalue weighted by Crippen LogP contribution is 2.18. The summed E-state index contributed by atoms with van der Waals surface area (Å²) >= 11 is 0. The molecule has 0 aromatic carbocycles. The summed E-state index contributed by atoms with van der Waals surface area (Å²) in [6.07, 6.45) is 4.97. The van der Waals surface area contributed by atoms with E-state index in [1.54, 1.807) is 6.92 Å². The zero-order valence-electron chi connectivity index (χ0n) is 15.5. The Morgan fingerprint density at radius 3 is 2.36 bits per heavy atom. The maximum atomic E-state index is 11.5. The van der Waals surface area contributed by atoms with Crippen molar-refractivity contribution >= 4 is 11.9 Å². The van der Waals surface area contributed by atoms with Crippen LogP contribution >= 0.6 is 0 Å². The van der Waals surface area contributed by atoms with Crippen LogP contribution in [0.25, 0.3) is 0 Å². The van der Waals surface area contributed by atoms with Gasteiger partial charge in [-0.2, -0.15) is 0 Å². The second-order valence-electron chi connectivity index (χ2n) is 6.98. The Morgan fingerprint density at radius 1 is 1.16 bits per heavy atom. The molecule has 1 saturated carbocycles. The molecule has 1 aliphatic carbocycles. The second-order valence-corrected chi connectivity index (χ2v) is 6.98. The van der Waals surface area contributed by atoms with Crippen molar-refractivity contribution in [1.29, 1.82) is 0 Å². The molecule has 1 N–H and O–H groups in total. The van der Waals surface area contributed by atoms with Gasteiger partial charge in [-0.1, -0.05) is 12.8 Å². The number of aliphatic imine (C=N–C) groups is 1. The van der Waals surface area contributed by atoms with Gasteiger partial charge in [0.25, 0.3) is 0 Å². The fourth-order valence-corrected chi connectivity index (χ4v) is 3.46. The normalized spacial score (nSPS) is 19.6. The van der Waals surface area contributed by atoms with Gasteiger partial charge in [-0.05, 0) is 19.8 Å². The molecule has 0 spiro atoms. The zero-order valence-corrected chi connectivity index (χ0v) is 15.5. The molecule has 1 aromatic heterocycles. The molecule has 0 unspecified atom stereocenters. The first-order chi connectivity index (χ1) is 12.0. The third-order valence-corrected chi connectivity index (χ3v) is 5.27. The molecule has 0 atom stereocenters. The molecule has 1 aromatic rings. The molecule has 2 aliphatic rings. The van der Waals surface area contributed by atoms with E-state index in [1.165, 1.54) is 25.7 Å². The van der Waals surface area contributed by atoms with Gasteiger partial charge in [-0.3, -0.25) is 4.79 Å². The molecule has 0 bridgehead atoms. The number of nitrogens with one attached hydrogen (secondary N) is 1. The van der Waals surface area contributed by atoms with E-state index in [2.05, 4.69) is 20.4 Å². The lowest BCUT2D eigenvalue weighted by Crippen LogP contribution is -2.54. The quantitative estimate of drug-likeness (QED) is 0.642. The summed E-state index contributed by atoms with van der Waals surface area (Å²) in [4.78, 5) is 20.5. The lowest BCUT2D eigenvalue weighted by Gasteiger charge is -2.37. The van der Waals surface area contributed by atoms with Crippen molar-refractivity contribution in [2.75, 3.05) is 26.2 Å². The van der Waals surface area contributed by atoms with E-state index < -0.39 is 0 Å². The van der Waals surface area contributed by atoms with Crippen LogP contribution in [-0.2, 0) is 18.4 Å². The van der Waals surface area contributed by atoms with E-state index >= 15 is 0 Å². The van der Waals surface area contributed by atoms with Crippen LogP contribution < -0.4 is 5.32 Å². The van der Waals surface area contributed by atoms with Gasteiger partial charge in [0, 0.05) is 46.2 Å². The average molecular weight is 347 g/mol. The highest BCUT2D eigenvalue weighted by Gasteiger charge is 2.24. The van der Waals surface area contributed by atoms with Crippen LogP contribution in [0.1, 0.15) is 44.3 Å². The number of guanidine groups is 1. The number of amides is 1. The predicted molar refractivity (Wildman–Crippen MR) is 96.1 cm³/mol. The minimum Gasteiger partial charge on any atom is -0.353 e. The van der Waals surface area contributed by atoms with Crippen LogP contribution in [-0.4, -0.2) is 68.7 Å². The molecule has 8 nitrogen and oxygen atoms in total. The van der Waals surface area contributed by atoms with E-state index in [0.29, 0.717) is 12.6 Å². The number of hydrogen-bond acceptors (Lipinski definition) is 4. The van der Waals surface area contributed by atoms with Gasteiger partial charge in [-0.15, -0.1) is 10.2 Å². The predicted octanol–water partition coefficient (Wildman–Crippen LogP) is 0.676. The van der Waals surface area contributed by atoms with Crippen molar-refractivity contribution in [2.45, 2.75) is 52.1 Å². The molecule has 1 amide bonds. The van der Waals surface area contributed by atoms with Crippen LogP contribution in [0.15, 0.2) is 4.99 Å². The molecule has 2 fully saturated rings. The lowest BCUT2D eigenvalue weighted by atomic mass is 10.2. The number of aryl methyl sites for hydroxylation is 1. The summed E-state index contributed by atoms with van der Waals surface area (Å²) in [5.41, 5.74) is 0. The molecular weight excluding hydrogens is 318 g/mol. The molecular formula is C17H29N7O. The molecule has 1 aliphatic heterocycles. The summed E-state index contributed by atoms with van der Waals surface area (Å²) in [5, 5.41) is 12.0. The van der Waals surface area contributed by atoms with Crippen molar-refractivity contribution in [3.8, 4) is 0 Å². The zero-order chi connectivity index (χ0) is 17.8. The molecule has 138 valence electrons. The van der Waals surface area contributed by atoms with E-state index in [4.69, 9.17) is 4.99 Å². The summed E-state index contributed by atoms with van der Waals surface area (Å²) in [5.74, 6) is 2.85. The number of rotatable bonds is 3. The Labute approximate surface area is 149 Å². The molecule has 25 heavy (non-hydrogen) atoms. The number of aromatic nitrogens is 3. The number of carbonyl (C=O) groups is 1. The summed E-state index contributed by atoms with van der Waals surface area (Å²) in [6, 6.07) is 0.505. The van der Waals surface area contributed by atoms with Crippen molar-refractivity contribution in [3.05, 3.63) is 11.6 Å². The van der Waals surface area contributed by atoms with Crippen LogP contribution in [0.2, 0.25) is 0 Å². The standard InChI is InChI=1S/C17H29N7O/c1-13-20-21-16(22(13)3)12-18-17(19-15-6-4-5-7-15)24-10-8-23(9-11-24)14(2)25/h15H,4-12H2,1-3H3,(H,18,19). The van der Waals surface area contributed by atoms with Crippen LogP contribution in [0.4, 0.5) is 0 Å². The molecule has 2 heterocycles. The number of hydrogen-bond donors (Lipinski definition) is 1. The average Bonchev–Trinajstić information content (AvgIpc) is 3.23. The van der Waals surface area contributed by atoms with E-state index in [0.717, 1.165) is 43.8 Å². The van der Waals surface area contributed by atoms with Crippen molar-refractivity contribution < 1.29 is 4.79 Å². The van der Waals surface area contributed by atoms with Crippen molar-refractivity contribution in [1.82, 2.24) is 29.9 Å². The minimum atomic E-state index is 0.149. The van der Waals surface area contributed by atoms with Gasteiger partial charge in [0.15, 0.2) is 11.8 Å². The lowest BCUT2D eigenvalue weighted by molar-refractivity contribution is -0.130. The van der Waals surface area contributed by atoms with Crippen LogP contribution in [0.3, 0.4) is 0 Å². The maximum absolute atomic E-state index is 11.5. The summed E-state index contributed by atoms with van der Waals surface area (Å²) < 4.78 is 1.98. The largest absolute Gasteiger partial charge is 0.353 e. The Hall–Kier alpha value is -2.12. The second kappa shape index (κ2) is 7.84. The van der Waals surface area contributed by atoms with Gasteiger partial charge in [0.05, 0.1) is 0 Å². The van der Waals surface area contributed by atoms with Gasteiger partial charge < -0.3 is 19.7 Å². The molecule has 3 rings (SSSR count). The first kappa shape index (κ1) is 17.7. The summed E-state index contributed by atoms with van der Waals surface area (Å²) in [6.45, 7) is 7.23. The molecule has 8 heteroatoms. The molecule has 1 saturated heterocycles. The monoisotopic (exact) mass is 347 g/mol. The molecule has 0 radical (unpaired) electrons. The third-order valence-electron chi connectivity index (χ3n) is 5.27. The van der Waals surface area contributed by atoms with Gasteiger partial charge in [0.1, 0.15) is 12.4 Å². The fraction of sp³-hybridized carbons (Fsp3) is 0.765. The van der Waals surface area contributed by atoms with Crippen molar-refractivity contribution in [2.24, 2.45) is 12.0 Å². The van der Waals surface area contributed by atoms with E-state index in [9.17, 15) is 4.79 Å². The summed E-state index contributed by atoms with van der Waals surface area (Å²) in [7, 11) is 1.97. The Morgan fingerprint density at radius 2 is 1.80 bits per heavy atom. The van der Waals surface area contributed by atoms with Crippen LogP contribution in [0.5, 0.6) is 0 Å². The fourth-order valence-electron chi connectivity index (χ4n) is 3.46. The highest BCUT2D eigenvalue weighted by atomic mass is 16.2. The van der Waals surface area contributed by atoms with E-state index in [-0.39, 0.29) is 5.91 Å². The number of piperazine rings is 1. The highest BCUT2D eigenvalue weighted by molar-refractivity contribution is 5.81. The number of nitrogens with zero attached hydrogens (tertiary/aromatic N) is 6.